The van der Waals surface area contributed by atoms with E-state index in [1.165, 1.54) is 48.5 Å². The summed E-state index contributed by atoms with van der Waals surface area (Å²) in [7, 11) is 0. The van der Waals surface area contributed by atoms with Gasteiger partial charge in [-0.2, -0.15) is 0 Å². The van der Waals surface area contributed by atoms with Gasteiger partial charge in [0.15, 0.2) is 5.69 Å². The van der Waals surface area contributed by atoms with Crippen molar-refractivity contribution < 1.29 is 18.7 Å². The standard InChI is InChI=1S/C18H11F2NO2/c19-14-7-3-1-5-11(14)12-9-10-16(21-17(12)18(22)23)13-6-2-4-8-15(13)20/h1-10H,(H,22,23). The highest BCUT2D eigenvalue weighted by Crippen LogP contribution is 2.29. The number of carbonyl (C=O) groups is 1. The molecule has 2 aromatic carbocycles. The SMILES string of the molecule is O=C(O)c1nc(-c2ccccc2F)ccc1-c1ccccc1F. The summed E-state index contributed by atoms with van der Waals surface area (Å²) in [5.41, 5.74) is 0.333. The predicted molar refractivity (Wildman–Crippen MR) is 82.0 cm³/mol. The number of pyridine rings is 1. The fraction of sp³-hybridized carbons (Fsp3) is 0. The Balaban J connectivity index is 2.20. The summed E-state index contributed by atoms with van der Waals surface area (Å²) in [6.07, 6.45) is 0. The molecule has 23 heavy (non-hydrogen) atoms. The second-order valence-corrected chi connectivity index (χ2v) is 4.86. The summed E-state index contributed by atoms with van der Waals surface area (Å²) in [5, 5.41) is 9.38. The number of aromatic carboxylic acids is 1. The van der Waals surface area contributed by atoms with Gasteiger partial charge in [-0.1, -0.05) is 30.3 Å². The second kappa shape index (κ2) is 5.96. The number of aromatic nitrogens is 1. The maximum absolute atomic E-state index is 13.9. The maximum atomic E-state index is 13.9. The third-order valence-corrected chi connectivity index (χ3v) is 3.41. The summed E-state index contributed by atoms with van der Waals surface area (Å²) < 4.78 is 27.8. The molecule has 0 bridgehead atoms. The third-order valence-electron chi connectivity index (χ3n) is 3.41. The molecule has 0 aliphatic carbocycles. The largest absolute Gasteiger partial charge is 0.476 e. The Labute approximate surface area is 130 Å². The van der Waals surface area contributed by atoms with Crippen LogP contribution in [0.3, 0.4) is 0 Å². The molecule has 114 valence electrons. The maximum Gasteiger partial charge on any atom is 0.355 e. The Morgan fingerprint density at radius 2 is 1.35 bits per heavy atom. The summed E-state index contributed by atoms with van der Waals surface area (Å²) in [5.74, 6) is -2.35. The highest BCUT2D eigenvalue weighted by atomic mass is 19.1. The van der Waals surface area contributed by atoms with Crippen LogP contribution < -0.4 is 0 Å². The Bertz CT molecular complexity index is 894. The first kappa shape index (κ1) is 14.8. The van der Waals surface area contributed by atoms with Crippen LogP contribution in [0.4, 0.5) is 8.78 Å². The predicted octanol–water partition coefficient (Wildman–Crippen LogP) is 4.39. The molecule has 0 aliphatic heterocycles. The Morgan fingerprint density at radius 3 is 1.91 bits per heavy atom. The van der Waals surface area contributed by atoms with E-state index >= 15 is 0 Å². The zero-order valence-electron chi connectivity index (χ0n) is 11.8. The van der Waals surface area contributed by atoms with Gasteiger partial charge in [-0.05, 0) is 30.3 Å². The van der Waals surface area contributed by atoms with Gasteiger partial charge in [0.1, 0.15) is 11.6 Å². The number of hydrogen-bond donors (Lipinski definition) is 1. The van der Waals surface area contributed by atoms with E-state index in [0.29, 0.717) is 0 Å². The fourth-order valence-electron chi connectivity index (χ4n) is 2.34. The lowest BCUT2D eigenvalue weighted by molar-refractivity contribution is 0.0691. The van der Waals surface area contributed by atoms with Gasteiger partial charge in [0, 0.05) is 16.7 Å². The minimum Gasteiger partial charge on any atom is -0.476 e. The molecule has 0 atom stereocenters. The molecular formula is C18H11F2NO2. The minimum atomic E-state index is -1.30. The quantitative estimate of drug-likeness (QED) is 0.780. The zero-order valence-corrected chi connectivity index (χ0v) is 11.8. The van der Waals surface area contributed by atoms with E-state index < -0.39 is 17.6 Å². The lowest BCUT2D eigenvalue weighted by Gasteiger charge is -2.09. The molecule has 0 spiro atoms. The van der Waals surface area contributed by atoms with Gasteiger partial charge in [-0.3, -0.25) is 0 Å². The van der Waals surface area contributed by atoms with Gasteiger partial charge >= 0.3 is 5.97 Å². The molecule has 1 N–H and O–H groups in total. The van der Waals surface area contributed by atoms with E-state index in [2.05, 4.69) is 4.98 Å². The molecule has 3 aromatic rings. The lowest BCUT2D eigenvalue weighted by atomic mass is 10.0. The van der Waals surface area contributed by atoms with Gasteiger partial charge in [0.2, 0.25) is 0 Å². The summed E-state index contributed by atoms with van der Waals surface area (Å²) >= 11 is 0. The molecule has 3 nitrogen and oxygen atoms in total. The second-order valence-electron chi connectivity index (χ2n) is 4.86. The van der Waals surface area contributed by atoms with Gasteiger partial charge < -0.3 is 5.11 Å². The van der Waals surface area contributed by atoms with E-state index in [0.717, 1.165) is 0 Å². The Morgan fingerprint density at radius 1 is 0.783 bits per heavy atom. The van der Waals surface area contributed by atoms with Gasteiger partial charge in [0.05, 0.1) is 5.69 Å². The van der Waals surface area contributed by atoms with Crippen LogP contribution in [0.1, 0.15) is 10.5 Å². The molecular weight excluding hydrogens is 300 g/mol. The number of carboxylic acids is 1. The van der Waals surface area contributed by atoms with Crippen LogP contribution in [0.15, 0.2) is 60.7 Å². The van der Waals surface area contributed by atoms with Crippen LogP contribution in [0, 0.1) is 11.6 Å². The molecule has 5 heteroatoms. The first-order valence-electron chi connectivity index (χ1n) is 6.82. The first-order chi connectivity index (χ1) is 11.1. The number of halogens is 2. The fourth-order valence-corrected chi connectivity index (χ4v) is 2.34. The smallest absolute Gasteiger partial charge is 0.355 e. The molecule has 1 heterocycles. The summed E-state index contributed by atoms with van der Waals surface area (Å²) in [6, 6.07) is 14.7. The van der Waals surface area contributed by atoms with E-state index in [4.69, 9.17) is 0 Å². The first-order valence-corrected chi connectivity index (χ1v) is 6.82. The Hall–Kier alpha value is -3.08. The van der Waals surface area contributed by atoms with E-state index in [1.807, 2.05) is 0 Å². The van der Waals surface area contributed by atoms with Gasteiger partial charge in [-0.15, -0.1) is 0 Å². The number of rotatable bonds is 3. The van der Waals surface area contributed by atoms with Crippen molar-refractivity contribution in [1.82, 2.24) is 4.98 Å². The van der Waals surface area contributed by atoms with E-state index in [1.54, 1.807) is 12.1 Å². The van der Waals surface area contributed by atoms with Crippen LogP contribution in [-0.2, 0) is 0 Å². The van der Waals surface area contributed by atoms with Gasteiger partial charge in [-0.25, -0.2) is 18.6 Å². The Kier molecular flexibility index (Phi) is 3.85. The van der Waals surface area contributed by atoms with Crippen molar-refractivity contribution in [3.63, 3.8) is 0 Å². The molecule has 0 unspecified atom stereocenters. The van der Waals surface area contributed by atoms with Crippen molar-refractivity contribution in [2.24, 2.45) is 0 Å². The van der Waals surface area contributed by atoms with Crippen molar-refractivity contribution >= 4 is 5.97 Å². The summed E-state index contributed by atoms with van der Waals surface area (Å²) in [6.45, 7) is 0. The molecule has 0 amide bonds. The zero-order chi connectivity index (χ0) is 16.4. The highest BCUT2D eigenvalue weighted by molar-refractivity contribution is 5.94. The minimum absolute atomic E-state index is 0.137. The average Bonchev–Trinajstić information content (AvgIpc) is 2.55. The average molecular weight is 311 g/mol. The van der Waals surface area contributed by atoms with Crippen LogP contribution >= 0.6 is 0 Å². The van der Waals surface area contributed by atoms with Gasteiger partial charge in [0.25, 0.3) is 0 Å². The topological polar surface area (TPSA) is 50.2 Å². The van der Waals surface area contributed by atoms with Crippen molar-refractivity contribution in [3.8, 4) is 22.4 Å². The van der Waals surface area contributed by atoms with Crippen LogP contribution in [0.2, 0.25) is 0 Å². The molecule has 1 aromatic heterocycles. The number of benzene rings is 2. The molecule has 0 radical (unpaired) electrons. The van der Waals surface area contributed by atoms with Crippen molar-refractivity contribution in [3.05, 3.63) is 78.0 Å². The molecule has 0 fully saturated rings. The highest BCUT2D eigenvalue weighted by Gasteiger charge is 2.18. The van der Waals surface area contributed by atoms with Crippen molar-refractivity contribution in [1.29, 1.82) is 0 Å². The molecule has 0 aliphatic rings. The summed E-state index contributed by atoms with van der Waals surface area (Å²) in [4.78, 5) is 15.5. The van der Waals surface area contributed by atoms with E-state index in [-0.39, 0.29) is 28.1 Å². The number of carboxylic acid groups (broad SMARTS) is 1. The van der Waals surface area contributed by atoms with Crippen molar-refractivity contribution in [2.75, 3.05) is 0 Å². The molecule has 0 saturated heterocycles. The van der Waals surface area contributed by atoms with Crippen LogP contribution in [-0.4, -0.2) is 16.1 Å². The monoisotopic (exact) mass is 311 g/mol. The van der Waals surface area contributed by atoms with Crippen LogP contribution in [0.5, 0.6) is 0 Å². The van der Waals surface area contributed by atoms with Crippen molar-refractivity contribution in [2.45, 2.75) is 0 Å². The van der Waals surface area contributed by atoms with Crippen LogP contribution in [0.25, 0.3) is 22.4 Å². The number of nitrogens with zero attached hydrogens (tertiary/aromatic N) is 1. The van der Waals surface area contributed by atoms with E-state index in [9.17, 15) is 18.7 Å². The lowest BCUT2D eigenvalue weighted by Crippen LogP contribution is -2.05. The number of hydrogen-bond acceptors (Lipinski definition) is 2. The molecule has 0 saturated carbocycles. The normalized spacial score (nSPS) is 10.5. The molecule has 3 rings (SSSR count). The third kappa shape index (κ3) is 2.81.